The Kier molecular flexibility index (Phi) is 11.8. The number of nitrogens with zero attached hydrogens (tertiary/aromatic N) is 2. The van der Waals surface area contributed by atoms with Crippen LogP contribution in [0.3, 0.4) is 0 Å². The second-order valence-electron chi connectivity index (χ2n) is 11.1. The summed E-state index contributed by atoms with van der Waals surface area (Å²) in [4.78, 5) is 32.7. The smallest absolute Gasteiger partial charge is 0.242 e. The molecule has 1 saturated carbocycles. The average Bonchev–Trinajstić information content (AvgIpc) is 3.64. The molecule has 0 spiro atoms. The molecule has 0 unspecified atom stereocenters. The second-order valence-corrected chi connectivity index (χ2v) is 14.0. The van der Waals surface area contributed by atoms with Crippen LogP contribution >= 0.6 is 11.3 Å². The van der Waals surface area contributed by atoms with E-state index < -0.39 is 10.0 Å². The van der Waals surface area contributed by atoms with Crippen molar-refractivity contribution in [3.05, 3.63) is 41.8 Å². The van der Waals surface area contributed by atoms with Crippen molar-refractivity contribution in [2.45, 2.75) is 97.1 Å². The molecule has 1 saturated heterocycles. The maximum Gasteiger partial charge on any atom is 0.242 e. The fraction of sp³-hybridized carbons (Fsp3) is 0.533. The van der Waals surface area contributed by atoms with Crippen LogP contribution in [0, 0.1) is 5.92 Å². The van der Waals surface area contributed by atoms with Crippen LogP contribution in [-0.4, -0.2) is 53.5 Å². The lowest BCUT2D eigenvalue weighted by molar-refractivity contribution is -0.131. The molecule has 9 nitrogen and oxygen atoms in total. The highest BCUT2D eigenvalue weighted by Gasteiger charge is 2.35. The fourth-order valence-corrected chi connectivity index (χ4v) is 6.40. The third kappa shape index (κ3) is 10.2. The summed E-state index contributed by atoms with van der Waals surface area (Å²) >= 11 is 1.64. The van der Waals surface area contributed by atoms with Gasteiger partial charge in [-0.15, -0.1) is 11.3 Å². The lowest BCUT2D eigenvalue weighted by atomic mass is 9.94. The number of rotatable bonds is 8. The highest BCUT2D eigenvalue weighted by molar-refractivity contribution is 7.90. The molecule has 5 rings (SSSR count). The molecule has 1 aromatic carbocycles. The van der Waals surface area contributed by atoms with Crippen LogP contribution in [0.2, 0.25) is 0 Å². The van der Waals surface area contributed by atoms with Gasteiger partial charge in [0, 0.05) is 18.4 Å². The molecule has 0 bridgehead atoms. The number of Topliss-reactive ketones (excluding diaryl/α,β-unsaturated/α-hetero) is 1. The molecule has 3 heterocycles. The van der Waals surface area contributed by atoms with E-state index in [0.29, 0.717) is 12.3 Å². The minimum Gasteiger partial charge on any atom is -0.473 e. The van der Waals surface area contributed by atoms with E-state index in [1.807, 2.05) is 83.3 Å². The van der Waals surface area contributed by atoms with Crippen molar-refractivity contribution < 1.29 is 22.7 Å². The number of fused-ring (bicyclic) bond motifs is 1. The number of carbonyl (C=O) groups is 2. The maximum atomic E-state index is 11.4. The number of hydrogen-bond donors (Lipinski definition) is 2. The van der Waals surface area contributed by atoms with Crippen molar-refractivity contribution >= 4 is 44.1 Å². The first kappa shape index (κ1) is 32.6. The first-order valence-corrected chi connectivity index (χ1v) is 16.6. The molecular formula is C30H42N4O5S2. The van der Waals surface area contributed by atoms with E-state index in [-0.39, 0.29) is 41.0 Å². The van der Waals surface area contributed by atoms with Gasteiger partial charge in [-0.05, 0) is 77.0 Å². The van der Waals surface area contributed by atoms with Gasteiger partial charge in [0.25, 0.3) is 0 Å². The summed E-state index contributed by atoms with van der Waals surface area (Å²) < 4.78 is 30.5. The Bertz CT molecular complexity index is 1400. The summed E-state index contributed by atoms with van der Waals surface area (Å²) in [5, 5.41) is 4.65. The van der Waals surface area contributed by atoms with Crippen LogP contribution in [0.5, 0.6) is 5.88 Å². The number of thiophene rings is 1. The number of hydrogen-bond acceptors (Lipinski definition) is 8. The Morgan fingerprint density at radius 3 is 2.17 bits per heavy atom. The number of piperidine rings is 1. The number of benzene rings is 1. The molecule has 3 aromatic rings. The van der Waals surface area contributed by atoms with Crippen molar-refractivity contribution in [3.8, 4) is 16.5 Å². The molecule has 1 aliphatic heterocycles. The summed E-state index contributed by atoms with van der Waals surface area (Å²) in [5.74, 6) is 0.799. The number of ketones is 1. The number of nitrogens with one attached hydrogen (secondary N) is 2. The van der Waals surface area contributed by atoms with Crippen LogP contribution in [0.1, 0.15) is 73.6 Å². The van der Waals surface area contributed by atoms with Gasteiger partial charge in [-0.25, -0.2) is 23.1 Å². The number of aromatic nitrogens is 2. The molecule has 2 aromatic heterocycles. The van der Waals surface area contributed by atoms with E-state index in [1.54, 1.807) is 11.3 Å². The van der Waals surface area contributed by atoms with Crippen molar-refractivity contribution in [2.75, 3.05) is 0 Å². The maximum absolute atomic E-state index is 11.4. The highest BCUT2D eigenvalue weighted by Crippen LogP contribution is 2.32. The van der Waals surface area contributed by atoms with E-state index in [1.165, 1.54) is 0 Å². The van der Waals surface area contributed by atoms with Crippen LogP contribution in [0.25, 0.3) is 21.6 Å². The largest absolute Gasteiger partial charge is 0.473 e. The molecule has 1 atom stereocenters. The number of para-hydroxylation sites is 2. The van der Waals surface area contributed by atoms with E-state index in [4.69, 9.17) is 9.72 Å². The van der Waals surface area contributed by atoms with Gasteiger partial charge in [-0.3, -0.25) is 9.59 Å². The van der Waals surface area contributed by atoms with Gasteiger partial charge >= 0.3 is 0 Å². The topological polar surface area (TPSA) is 127 Å². The van der Waals surface area contributed by atoms with Crippen LogP contribution in [0.15, 0.2) is 41.8 Å². The number of sulfonamides is 1. The normalized spacial score (nSPS) is 17.0. The molecule has 41 heavy (non-hydrogen) atoms. The van der Waals surface area contributed by atoms with Gasteiger partial charge < -0.3 is 10.1 Å². The SMILES string of the molecule is CC(C)C(=O)[C@@H]1CCCC(=O)N1.CC(C)NS(=O)(=O)C1CC1.CC(C)Oc1nc2ccccc2nc1-c1cccs1. The summed E-state index contributed by atoms with van der Waals surface area (Å²) in [6, 6.07) is 11.7. The molecule has 2 aliphatic rings. The Labute approximate surface area is 247 Å². The second kappa shape index (κ2) is 14.8. The molecule has 2 N–H and O–H groups in total. The van der Waals surface area contributed by atoms with Crippen LogP contribution in [-0.2, 0) is 19.6 Å². The summed E-state index contributed by atoms with van der Waals surface area (Å²) in [6.07, 6.45) is 3.97. The first-order valence-electron chi connectivity index (χ1n) is 14.2. The van der Waals surface area contributed by atoms with Gasteiger partial charge in [0.15, 0.2) is 5.78 Å². The third-order valence-corrected chi connectivity index (χ3v) is 9.17. The van der Waals surface area contributed by atoms with Gasteiger partial charge in [0.2, 0.25) is 21.8 Å². The number of carbonyl (C=O) groups excluding carboxylic acids is 2. The van der Waals surface area contributed by atoms with Gasteiger partial charge in [-0.2, -0.15) is 0 Å². The minimum absolute atomic E-state index is 0.0141. The standard InChI is InChI=1S/C15H14N2OS.C9H15NO2.C6H13NO2S/c1-10(2)18-15-14(13-8-5-9-19-13)16-11-6-3-4-7-12(11)17-15;1-6(2)9(12)7-4-3-5-8(11)10-7;1-5(2)7-10(8,9)6-3-4-6/h3-10H,1-2H3;6-7H,3-5H2,1-2H3,(H,10,11);5-7H,3-4H2,1-2H3/t;7-;/m.0./s1. The first-order chi connectivity index (χ1) is 19.4. The van der Waals surface area contributed by atoms with Crippen molar-refractivity contribution in [2.24, 2.45) is 5.92 Å². The third-order valence-electron chi connectivity index (χ3n) is 6.15. The summed E-state index contributed by atoms with van der Waals surface area (Å²) in [7, 11) is -2.94. The molecule has 1 aliphatic carbocycles. The average molecular weight is 603 g/mol. The lowest BCUT2D eigenvalue weighted by Crippen LogP contribution is -2.45. The predicted molar refractivity (Wildman–Crippen MR) is 164 cm³/mol. The Balaban J connectivity index is 0.000000182. The van der Waals surface area contributed by atoms with Gasteiger partial charge in [0.05, 0.1) is 33.3 Å². The molecule has 224 valence electrons. The van der Waals surface area contributed by atoms with Crippen LogP contribution < -0.4 is 14.8 Å². The molecule has 0 radical (unpaired) electrons. The molecule has 1 amide bonds. The van der Waals surface area contributed by atoms with E-state index in [0.717, 1.165) is 47.3 Å². The zero-order valence-corrected chi connectivity index (χ0v) is 26.3. The monoisotopic (exact) mass is 602 g/mol. The molecule has 11 heteroatoms. The number of ether oxygens (including phenoxy) is 1. The fourth-order valence-electron chi connectivity index (χ4n) is 4.09. The van der Waals surface area contributed by atoms with E-state index in [9.17, 15) is 18.0 Å². The Morgan fingerprint density at radius 1 is 1.00 bits per heavy atom. The van der Waals surface area contributed by atoms with Crippen LogP contribution in [0.4, 0.5) is 0 Å². The molecule has 2 fully saturated rings. The zero-order valence-electron chi connectivity index (χ0n) is 24.7. The number of amides is 1. The van der Waals surface area contributed by atoms with Gasteiger partial charge in [0.1, 0.15) is 5.69 Å². The Hall–Kier alpha value is -2.89. The van der Waals surface area contributed by atoms with Crippen molar-refractivity contribution in [1.82, 2.24) is 20.0 Å². The quantitative estimate of drug-likeness (QED) is 0.348. The summed E-state index contributed by atoms with van der Waals surface area (Å²) in [6.45, 7) is 11.4. The minimum atomic E-state index is -2.94. The van der Waals surface area contributed by atoms with Gasteiger partial charge in [-0.1, -0.05) is 32.0 Å². The van der Waals surface area contributed by atoms with Crippen molar-refractivity contribution in [1.29, 1.82) is 0 Å². The van der Waals surface area contributed by atoms with E-state index in [2.05, 4.69) is 15.0 Å². The molecular weight excluding hydrogens is 560 g/mol. The Morgan fingerprint density at radius 2 is 1.66 bits per heavy atom. The van der Waals surface area contributed by atoms with Crippen molar-refractivity contribution in [3.63, 3.8) is 0 Å². The summed E-state index contributed by atoms with van der Waals surface area (Å²) in [5.41, 5.74) is 2.57. The zero-order chi connectivity index (χ0) is 30.2. The lowest BCUT2D eigenvalue weighted by Gasteiger charge is -2.23. The predicted octanol–water partition coefficient (Wildman–Crippen LogP) is 5.50. The van der Waals surface area contributed by atoms with E-state index >= 15 is 0 Å². The highest BCUT2D eigenvalue weighted by atomic mass is 32.2.